The van der Waals surface area contributed by atoms with E-state index >= 15 is 0 Å². The van der Waals surface area contributed by atoms with Crippen LogP contribution >= 0.6 is 0 Å². The van der Waals surface area contributed by atoms with Crippen molar-refractivity contribution in [3.05, 3.63) is 65.7 Å². The van der Waals surface area contributed by atoms with Gasteiger partial charge in [0.2, 0.25) is 10.0 Å². The summed E-state index contributed by atoms with van der Waals surface area (Å²) < 4.78 is 34.9. The number of fused-ring (bicyclic) bond motifs is 1. The number of benzene rings is 2. The molecule has 2 fully saturated rings. The van der Waals surface area contributed by atoms with Crippen LogP contribution < -0.4 is 0 Å². The number of sulfonamides is 1. The van der Waals surface area contributed by atoms with Crippen LogP contribution in [-0.2, 0) is 19.6 Å². The van der Waals surface area contributed by atoms with E-state index < -0.39 is 10.0 Å². The molecule has 1 heterocycles. The third-order valence-electron chi connectivity index (χ3n) is 7.42. The topological polar surface area (TPSA) is 66.9 Å². The second kappa shape index (κ2) is 9.57. The van der Waals surface area contributed by atoms with Crippen LogP contribution in [-0.4, -0.2) is 55.9 Å². The molecule has 2 aromatic carbocycles. The Hall–Kier alpha value is -2.22. The van der Waals surface area contributed by atoms with Gasteiger partial charge < -0.3 is 9.64 Å². The fraction of sp³-hybridized carbons (Fsp3) is 0.500. The zero-order valence-corrected chi connectivity index (χ0v) is 20.7. The molecule has 0 amide bonds. The summed E-state index contributed by atoms with van der Waals surface area (Å²) in [5, 5.41) is 0. The maximum atomic E-state index is 13.9. The Morgan fingerprint density at radius 2 is 1.70 bits per heavy atom. The third-order valence-corrected chi connectivity index (χ3v) is 9.29. The molecule has 4 rings (SSSR count). The number of esters is 1. The summed E-state index contributed by atoms with van der Waals surface area (Å²) in [4.78, 5) is 14.3. The molecule has 178 valence electrons. The minimum atomic E-state index is -3.69. The van der Waals surface area contributed by atoms with Crippen LogP contribution in [0.5, 0.6) is 0 Å². The lowest BCUT2D eigenvalue weighted by Gasteiger charge is -2.54. The molecule has 0 radical (unpaired) electrons. The summed E-state index contributed by atoms with van der Waals surface area (Å²) in [6.45, 7) is 10.1. The highest BCUT2D eigenvalue weighted by atomic mass is 32.2. The van der Waals surface area contributed by atoms with E-state index in [-0.39, 0.29) is 35.8 Å². The predicted octanol–water partition coefficient (Wildman–Crippen LogP) is 3.88. The van der Waals surface area contributed by atoms with Gasteiger partial charge in [-0.05, 0) is 43.6 Å². The number of ether oxygens (including phenoxy) is 1. The maximum Gasteiger partial charge on any atom is 0.302 e. The molecular formula is C26H34N2O4S. The number of nitrogens with zero attached hydrogens (tertiary/aromatic N) is 2. The SMILES string of the molecule is CCN(CC)[C@H]1[C@H](COC(C)=O)[C@@H]2CN(S(=O)(=O)c3ccc(C)cc3)[C@@H](c3ccccc3)[C@@H]21. The van der Waals surface area contributed by atoms with E-state index in [0.29, 0.717) is 18.0 Å². The number of hydrogen-bond acceptors (Lipinski definition) is 5. The Balaban J connectivity index is 1.77. The zero-order chi connectivity index (χ0) is 23.8. The van der Waals surface area contributed by atoms with Gasteiger partial charge in [-0.3, -0.25) is 4.79 Å². The van der Waals surface area contributed by atoms with Gasteiger partial charge in [0.05, 0.1) is 17.5 Å². The molecule has 1 aliphatic heterocycles. The largest absolute Gasteiger partial charge is 0.466 e. The van der Waals surface area contributed by atoms with Crippen molar-refractivity contribution in [2.75, 3.05) is 26.2 Å². The summed E-state index contributed by atoms with van der Waals surface area (Å²) in [5.41, 5.74) is 2.04. The van der Waals surface area contributed by atoms with Crippen LogP contribution in [0, 0.1) is 24.7 Å². The first-order valence-corrected chi connectivity index (χ1v) is 13.2. The van der Waals surface area contributed by atoms with E-state index in [1.165, 1.54) is 6.92 Å². The Bertz CT molecular complexity index is 1070. The Morgan fingerprint density at radius 1 is 1.06 bits per heavy atom. The van der Waals surface area contributed by atoms with Crippen molar-refractivity contribution < 1.29 is 17.9 Å². The molecule has 33 heavy (non-hydrogen) atoms. The van der Waals surface area contributed by atoms with Gasteiger partial charge in [-0.2, -0.15) is 4.31 Å². The van der Waals surface area contributed by atoms with E-state index in [1.54, 1.807) is 16.4 Å². The number of aryl methyl sites for hydroxylation is 1. The van der Waals surface area contributed by atoms with Crippen LogP contribution in [0.3, 0.4) is 0 Å². The van der Waals surface area contributed by atoms with Gasteiger partial charge in [-0.25, -0.2) is 8.42 Å². The lowest BCUT2D eigenvalue weighted by atomic mass is 9.59. The van der Waals surface area contributed by atoms with Crippen LogP contribution in [0.4, 0.5) is 0 Å². The first-order chi connectivity index (χ1) is 15.8. The average molecular weight is 471 g/mol. The zero-order valence-electron chi connectivity index (χ0n) is 19.8. The number of hydrogen-bond donors (Lipinski definition) is 0. The lowest BCUT2D eigenvalue weighted by molar-refractivity contribution is -0.149. The van der Waals surface area contributed by atoms with Gasteiger partial charge in [0, 0.05) is 31.3 Å². The molecule has 0 spiro atoms. The van der Waals surface area contributed by atoms with Crippen molar-refractivity contribution in [1.29, 1.82) is 0 Å². The molecular weight excluding hydrogens is 436 g/mol. The molecule has 6 nitrogen and oxygen atoms in total. The smallest absolute Gasteiger partial charge is 0.302 e. The van der Waals surface area contributed by atoms with Gasteiger partial charge in [-0.15, -0.1) is 0 Å². The van der Waals surface area contributed by atoms with Gasteiger partial charge in [-0.1, -0.05) is 61.9 Å². The van der Waals surface area contributed by atoms with E-state index in [9.17, 15) is 13.2 Å². The van der Waals surface area contributed by atoms with Crippen LogP contribution in [0.1, 0.15) is 37.9 Å². The second-order valence-electron chi connectivity index (χ2n) is 9.16. The molecule has 0 aromatic heterocycles. The van der Waals surface area contributed by atoms with E-state index in [1.807, 2.05) is 49.4 Å². The van der Waals surface area contributed by atoms with Gasteiger partial charge in [0.1, 0.15) is 0 Å². The standard InChI is InChI=1S/C26H34N2O4S/c1-5-27(6-2)26-23(17-32-19(4)29)22-16-28(25(24(22)26)20-10-8-7-9-11-20)33(30,31)21-14-12-18(3)13-15-21/h7-15,22-26H,5-6,16-17H2,1-4H3/t22-,23+,24+,25-,26-/m0/s1. The molecule has 1 aliphatic carbocycles. The average Bonchev–Trinajstić information content (AvgIpc) is 3.14. The van der Waals surface area contributed by atoms with Crippen LogP contribution in [0.2, 0.25) is 0 Å². The van der Waals surface area contributed by atoms with Crippen LogP contribution in [0.25, 0.3) is 0 Å². The van der Waals surface area contributed by atoms with Crippen molar-refractivity contribution in [3.63, 3.8) is 0 Å². The highest BCUT2D eigenvalue weighted by Gasteiger charge is 2.63. The summed E-state index contributed by atoms with van der Waals surface area (Å²) in [6.07, 6.45) is 0. The molecule has 1 saturated carbocycles. The fourth-order valence-corrected chi connectivity index (χ4v) is 7.53. The lowest BCUT2D eigenvalue weighted by Crippen LogP contribution is -2.61. The third kappa shape index (κ3) is 4.34. The molecule has 2 aromatic rings. The summed E-state index contributed by atoms with van der Waals surface area (Å²) in [7, 11) is -3.69. The Morgan fingerprint density at radius 3 is 2.27 bits per heavy atom. The van der Waals surface area contributed by atoms with E-state index in [2.05, 4.69) is 18.7 Å². The normalized spacial score (nSPS) is 27.2. The monoisotopic (exact) mass is 470 g/mol. The van der Waals surface area contributed by atoms with Crippen molar-refractivity contribution in [2.24, 2.45) is 17.8 Å². The van der Waals surface area contributed by atoms with Gasteiger partial charge in [0.15, 0.2) is 0 Å². The molecule has 0 N–H and O–H groups in total. The molecule has 5 atom stereocenters. The fourth-order valence-electron chi connectivity index (χ4n) is 5.85. The first-order valence-electron chi connectivity index (χ1n) is 11.8. The van der Waals surface area contributed by atoms with Crippen LogP contribution in [0.15, 0.2) is 59.5 Å². The van der Waals surface area contributed by atoms with Gasteiger partial charge >= 0.3 is 5.97 Å². The first kappa shape index (κ1) is 23.9. The highest BCUT2D eigenvalue weighted by molar-refractivity contribution is 7.89. The van der Waals surface area contributed by atoms with Crippen molar-refractivity contribution in [3.8, 4) is 0 Å². The molecule has 2 aliphatic rings. The minimum Gasteiger partial charge on any atom is -0.466 e. The Labute approximate surface area is 197 Å². The maximum absolute atomic E-state index is 13.9. The summed E-state index contributed by atoms with van der Waals surface area (Å²) in [5.74, 6) is 0.107. The van der Waals surface area contributed by atoms with Crippen molar-refractivity contribution in [1.82, 2.24) is 9.21 Å². The molecule has 7 heteroatoms. The van der Waals surface area contributed by atoms with Crippen molar-refractivity contribution >= 4 is 16.0 Å². The second-order valence-corrected chi connectivity index (χ2v) is 11.1. The van der Waals surface area contributed by atoms with E-state index in [4.69, 9.17) is 4.74 Å². The summed E-state index contributed by atoms with van der Waals surface area (Å²) in [6, 6.07) is 17.0. The highest BCUT2D eigenvalue weighted by Crippen LogP contribution is 2.58. The molecule has 0 bridgehead atoms. The van der Waals surface area contributed by atoms with Crippen molar-refractivity contribution in [2.45, 2.75) is 44.7 Å². The minimum absolute atomic E-state index is 0.114. The number of rotatable bonds is 8. The Kier molecular flexibility index (Phi) is 6.93. The predicted molar refractivity (Wildman–Crippen MR) is 128 cm³/mol. The number of carbonyl (C=O) groups is 1. The molecule has 1 saturated heterocycles. The quantitative estimate of drug-likeness (QED) is 0.548. The van der Waals surface area contributed by atoms with Gasteiger partial charge in [0.25, 0.3) is 0 Å². The molecule has 0 unspecified atom stereocenters. The number of carbonyl (C=O) groups excluding carboxylic acids is 1. The summed E-state index contributed by atoms with van der Waals surface area (Å²) >= 11 is 0. The van der Waals surface area contributed by atoms with E-state index in [0.717, 1.165) is 24.2 Å².